The number of rotatable bonds is 12. The Morgan fingerprint density at radius 2 is 1.74 bits per heavy atom. The first-order chi connectivity index (χ1) is 22.3. The molecule has 2 aromatic heterocycles. The van der Waals surface area contributed by atoms with Crippen LogP contribution in [0.25, 0.3) is 22.5 Å². The van der Waals surface area contributed by atoms with E-state index in [1.165, 1.54) is 11.8 Å². The molecule has 1 atom stereocenters. The monoisotopic (exact) mass is 629 g/mol. The summed E-state index contributed by atoms with van der Waals surface area (Å²) >= 11 is 0. The zero-order chi connectivity index (χ0) is 32.6. The number of carbonyl (C=O) groups is 3. The number of nitrogens with one attached hydrogen (secondary N) is 1. The molecule has 13 nitrogen and oxygen atoms in total. The summed E-state index contributed by atoms with van der Waals surface area (Å²) in [6.07, 6.45) is 2.14. The number of nitrogens with zero attached hydrogens (tertiary/aromatic N) is 6. The molecule has 0 saturated heterocycles. The Morgan fingerprint density at radius 3 is 2.39 bits per heavy atom. The summed E-state index contributed by atoms with van der Waals surface area (Å²) in [5.74, 6) is 0.434. The Morgan fingerprint density at radius 1 is 1.00 bits per heavy atom. The highest BCUT2D eigenvalue weighted by molar-refractivity contribution is 5.85. The Kier molecular flexibility index (Phi) is 10.4. The second-order valence-corrected chi connectivity index (χ2v) is 11.1. The minimum absolute atomic E-state index is 0.267. The van der Waals surface area contributed by atoms with E-state index in [1.54, 1.807) is 0 Å². The first-order valence-corrected chi connectivity index (χ1v) is 15.6. The zero-order valence-corrected chi connectivity index (χ0v) is 26.6. The van der Waals surface area contributed by atoms with E-state index < -0.39 is 25.0 Å². The van der Waals surface area contributed by atoms with Gasteiger partial charge in [0, 0.05) is 38.4 Å². The fraction of sp³-hybridized carbons (Fsp3) is 0.424. The van der Waals surface area contributed by atoms with Crippen LogP contribution in [0.2, 0.25) is 0 Å². The molecule has 0 radical (unpaired) electrons. The van der Waals surface area contributed by atoms with Crippen molar-refractivity contribution in [2.75, 3.05) is 13.3 Å². The number of aromatic amines is 1. The number of aromatic nitrogens is 6. The molecule has 0 aliphatic carbocycles. The number of imidazole rings is 1. The number of aryl methyl sites for hydroxylation is 1. The SMILES string of the molecule is CCCc1nc2c(n1Cc1ccc(-c3ccccc3-c3nnn[nH]3)cc1)C(C(=O)OCOC(=O)OC(CC)CC)N(C(C)=O)CC2. The molecule has 5 rings (SSSR count). The summed E-state index contributed by atoms with van der Waals surface area (Å²) in [6.45, 7) is 7.42. The molecule has 1 unspecified atom stereocenters. The van der Waals surface area contributed by atoms with Crippen molar-refractivity contribution in [3.63, 3.8) is 0 Å². The fourth-order valence-corrected chi connectivity index (χ4v) is 5.76. The largest absolute Gasteiger partial charge is 0.511 e. The summed E-state index contributed by atoms with van der Waals surface area (Å²) in [4.78, 5) is 44.8. The van der Waals surface area contributed by atoms with Crippen LogP contribution in [-0.4, -0.2) is 72.5 Å². The van der Waals surface area contributed by atoms with Crippen LogP contribution in [0.3, 0.4) is 0 Å². The Hall–Kier alpha value is -5.07. The fourth-order valence-electron chi connectivity index (χ4n) is 5.76. The van der Waals surface area contributed by atoms with E-state index in [-0.39, 0.29) is 12.0 Å². The highest BCUT2D eigenvalue weighted by Crippen LogP contribution is 2.34. The number of hydrogen-bond donors (Lipinski definition) is 1. The van der Waals surface area contributed by atoms with E-state index in [4.69, 9.17) is 19.2 Å². The average molecular weight is 630 g/mol. The maximum Gasteiger partial charge on any atom is 0.511 e. The van der Waals surface area contributed by atoms with Crippen LogP contribution in [0.15, 0.2) is 48.5 Å². The van der Waals surface area contributed by atoms with Crippen molar-refractivity contribution in [1.82, 2.24) is 35.1 Å². The second-order valence-electron chi connectivity index (χ2n) is 11.1. The van der Waals surface area contributed by atoms with Crippen LogP contribution in [0.4, 0.5) is 4.79 Å². The summed E-state index contributed by atoms with van der Waals surface area (Å²) in [7, 11) is 0. The standard InChI is InChI=1S/C33H39N7O6/c1-5-10-28-34-27-17-18-39(21(4)41)30(32(42)44-20-45-33(43)46-24(6-2)7-3)29(27)40(28)19-22-13-15-23(16-14-22)25-11-8-9-12-26(25)31-35-37-38-36-31/h8-9,11-16,24,30H,5-7,10,17-20H2,1-4H3,(H,35,36,37,38). The molecule has 1 N–H and O–H groups in total. The number of hydrogen-bond acceptors (Lipinski definition) is 10. The smallest absolute Gasteiger partial charge is 0.431 e. The van der Waals surface area contributed by atoms with Gasteiger partial charge in [-0.05, 0) is 46.4 Å². The van der Waals surface area contributed by atoms with Crippen molar-refractivity contribution in [2.24, 2.45) is 0 Å². The molecule has 1 amide bonds. The topological polar surface area (TPSA) is 154 Å². The van der Waals surface area contributed by atoms with Crippen molar-refractivity contribution in [3.8, 4) is 22.5 Å². The van der Waals surface area contributed by atoms with Gasteiger partial charge in [0.15, 0.2) is 11.9 Å². The van der Waals surface area contributed by atoms with Crippen LogP contribution in [0, 0.1) is 0 Å². The second kappa shape index (κ2) is 14.8. The predicted octanol–water partition coefficient (Wildman–Crippen LogP) is 5.02. The van der Waals surface area contributed by atoms with Crippen molar-refractivity contribution in [2.45, 2.75) is 78.5 Å². The van der Waals surface area contributed by atoms with Gasteiger partial charge in [0.05, 0.1) is 11.4 Å². The molecule has 13 heteroatoms. The number of H-pyrrole nitrogens is 1. The van der Waals surface area contributed by atoms with Crippen molar-refractivity contribution < 1.29 is 28.6 Å². The number of tetrazole rings is 1. The number of carbonyl (C=O) groups excluding carboxylic acids is 3. The summed E-state index contributed by atoms with van der Waals surface area (Å²) in [5.41, 5.74) is 5.20. The highest BCUT2D eigenvalue weighted by Gasteiger charge is 2.40. The van der Waals surface area contributed by atoms with E-state index in [0.29, 0.717) is 50.3 Å². The Bertz CT molecular complexity index is 1650. The highest BCUT2D eigenvalue weighted by atomic mass is 16.8. The molecule has 0 bridgehead atoms. The van der Waals surface area contributed by atoms with E-state index in [2.05, 4.69) is 27.5 Å². The maximum absolute atomic E-state index is 13.6. The zero-order valence-electron chi connectivity index (χ0n) is 26.6. The molecule has 46 heavy (non-hydrogen) atoms. The van der Waals surface area contributed by atoms with Crippen LogP contribution in [0.5, 0.6) is 0 Å². The lowest BCUT2D eigenvalue weighted by Crippen LogP contribution is -2.44. The molecule has 2 aromatic carbocycles. The van der Waals surface area contributed by atoms with Gasteiger partial charge in [0.25, 0.3) is 0 Å². The molecular formula is C33H39N7O6. The van der Waals surface area contributed by atoms with E-state index >= 15 is 0 Å². The normalized spacial score (nSPS) is 14.2. The lowest BCUT2D eigenvalue weighted by Gasteiger charge is -2.34. The summed E-state index contributed by atoms with van der Waals surface area (Å²) < 4.78 is 17.7. The van der Waals surface area contributed by atoms with Crippen LogP contribution in [-0.2, 0) is 43.2 Å². The van der Waals surface area contributed by atoms with Gasteiger partial charge in [-0.15, -0.1) is 5.10 Å². The van der Waals surface area contributed by atoms with Crippen molar-refractivity contribution >= 4 is 18.0 Å². The van der Waals surface area contributed by atoms with E-state index in [9.17, 15) is 14.4 Å². The third kappa shape index (κ3) is 7.08. The third-order valence-electron chi connectivity index (χ3n) is 8.11. The third-order valence-corrected chi connectivity index (χ3v) is 8.11. The van der Waals surface area contributed by atoms with Gasteiger partial charge in [-0.1, -0.05) is 69.3 Å². The number of benzene rings is 2. The predicted molar refractivity (Wildman–Crippen MR) is 167 cm³/mol. The summed E-state index contributed by atoms with van der Waals surface area (Å²) in [6, 6.07) is 15.0. The van der Waals surface area contributed by atoms with Gasteiger partial charge in [-0.3, -0.25) is 4.79 Å². The van der Waals surface area contributed by atoms with Gasteiger partial charge < -0.3 is 23.7 Å². The lowest BCUT2D eigenvalue weighted by molar-refractivity contribution is -0.164. The minimum Gasteiger partial charge on any atom is -0.431 e. The first-order valence-electron chi connectivity index (χ1n) is 15.6. The molecule has 1 aliphatic rings. The van der Waals surface area contributed by atoms with Crippen LogP contribution in [0.1, 0.15) is 75.8 Å². The van der Waals surface area contributed by atoms with Gasteiger partial charge >= 0.3 is 12.1 Å². The number of amides is 1. The molecule has 0 saturated carbocycles. The van der Waals surface area contributed by atoms with Gasteiger partial charge in [0.1, 0.15) is 11.9 Å². The number of ether oxygens (including phenoxy) is 3. The van der Waals surface area contributed by atoms with Crippen LogP contribution >= 0.6 is 0 Å². The molecule has 3 heterocycles. The maximum atomic E-state index is 13.6. The van der Waals surface area contributed by atoms with Crippen LogP contribution < -0.4 is 0 Å². The molecule has 0 spiro atoms. The van der Waals surface area contributed by atoms with Crippen molar-refractivity contribution in [1.29, 1.82) is 0 Å². The van der Waals surface area contributed by atoms with Gasteiger partial charge in [0.2, 0.25) is 12.7 Å². The summed E-state index contributed by atoms with van der Waals surface area (Å²) in [5, 5.41) is 14.3. The molecule has 242 valence electrons. The molecule has 4 aromatic rings. The minimum atomic E-state index is -1.04. The van der Waals surface area contributed by atoms with Gasteiger partial charge in [-0.25, -0.2) is 19.7 Å². The van der Waals surface area contributed by atoms with Gasteiger partial charge in [-0.2, -0.15) is 0 Å². The lowest BCUT2D eigenvalue weighted by atomic mass is 9.98. The van der Waals surface area contributed by atoms with E-state index in [1.807, 2.05) is 66.9 Å². The van der Waals surface area contributed by atoms with Crippen molar-refractivity contribution in [3.05, 3.63) is 71.3 Å². The number of fused-ring (bicyclic) bond motifs is 1. The Labute approximate surface area is 267 Å². The molecule has 0 fully saturated rings. The quantitative estimate of drug-likeness (QED) is 0.167. The molecular weight excluding hydrogens is 590 g/mol. The van der Waals surface area contributed by atoms with E-state index in [0.717, 1.165) is 40.2 Å². The Balaban J connectivity index is 1.41. The average Bonchev–Trinajstić information content (AvgIpc) is 3.72. The first kappa shape index (κ1) is 32.3. The number of esters is 1. The molecule has 1 aliphatic heterocycles.